The first kappa shape index (κ1) is 23.7. The standard InChI is InChI=1S/C25H26N2O6/c1-17(15-30-2)33-22-12-20(11-21(13-22)32-16-18-7-5-4-6-8-18)24(28)27-23-10-9-19(14-26-23)25(29)31-3/h4-14,17H,15-16H2,1-3H3,(H,26,27,28)/t17-/m0/s1. The third-order valence-electron chi connectivity index (χ3n) is 4.56. The van der Waals surface area contributed by atoms with Crippen molar-refractivity contribution in [1.82, 2.24) is 4.98 Å². The third-order valence-corrected chi connectivity index (χ3v) is 4.56. The number of pyridine rings is 1. The third kappa shape index (κ3) is 7.05. The predicted molar refractivity (Wildman–Crippen MR) is 123 cm³/mol. The van der Waals surface area contributed by atoms with E-state index >= 15 is 0 Å². The Bertz CT molecular complexity index is 1070. The SMILES string of the molecule is COC[C@H](C)Oc1cc(OCc2ccccc2)cc(C(=O)Nc2ccc(C(=O)OC)cn2)c1. The monoisotopic (exact) mass is 450 g/mol. The molecule has 3 rings (SSSR count). The molecule has 8 heteroatoms. The minimum Gasteiger partial charge on any atom is -0.489 e. The highest BCUT2D eigenvalue weighted by atomic mass is 16.5. The summed E-state index contributed by atoms with van der Waals surface area (Å²) in [7, 11) is 2.88. The van der Waals surface area contributed by atoms with Gasteiger partial charge in [0.25, 0.3) is 5.91 Å². The molecule has 172 valence electrons. The highest BCUT2D eigenvalue weighted by molar-refractivity contribution is 6.04. The summed E-state index contributed by atoms with van der Waals surface area (Å²) in [5.41, 5.74) is 1.62. The summed E-state index contributed by atoms with van der Waals surface area (Å²) >= 11 is 0. The van der Waals surface area contributed by atoms with Crippen LogP contribution in [0.4, 0.5) is 5.82 Å². The van der Waals surface area contributed by atoms with Crippen LogP contribution in [0.15, 0.2) is 66.9 Å². The Morgan fingerprint density at radius 3 is 2.39 bits per heavy atom. The second kappa shape index (κ2) is 11.6. The number of rotatable bonds is 10. The molecule has 0 aliphatic heterocycles. The van der Waals surface area contributed by atoms with Crippen molar-refractivity contribution in [2.75, 3.05) is 26.1 Å². The van der Waals surface area contributed by atoms with E-state index in [1.165, 1.54) is 25.4 Å². The Hall–Kier alpha value is -3.91. The fourth-order valence-electron chi connectivity index (χ4n) is 2.99. The lowest BCUT2D eigenvalue weighted by Gasteiger charge is -2.16. The highest BCUT2D eigenvalue weighted by Gasteiger charge is 2.14. The van der Waals surface area contributed by atoms with E-state index in [0.29, 0.717) is 36.1 Å². The Balaban J connectivity index is 1.78. The van der Waals surface area contributed by atoms with Gasteiger partial charge >= 0.3 is 5.97 Å². The van der Waals surface area contributed by atoms with Crippen molar-refractivity contribution in [3.05, 3.63) is 83.6 Å². The first-order valence-electron chi connectivity index (χ1n) is 10.3. The largest absolute Gasteiger partial charge is 0.489 e. The highest BCUT2D eigenvalue weighted by Crippen LogP contribution is 2.25. The fraction of sp³-hybridized carbons (Fsp3) is 0.240. The van der Waals surface area contributed by atoms with Gasteiger partial charge in [0, 0.05) is 24.9 Å². The maximum Gasteiger partial charge on any atom is 0.339 e. The quantitative estimate of drug-likeness (QED) is 0.464. The molecule has 33 heavy (non-hydrogen) atoms. The van der Waals surface area contributed by atoms with Crippen LogP contribution in [-0.2, 0) is 16.1 Å². The van der Waals surface area contributed by atoms with Gasteiger partial charge in [0.2, 0.25) is 0 Å². The maximum atomic E-state index is 12.9. The summed E-state index contributed by atoms with van der Waals surface area (Å²) in [5.74, 6) is 0.348. The normalized spacial score (nSPS) is 11.4. The van der Waals surface area contributed by atoms with Gasteiger partial charge < -0.3 is 24.3 Å². The number of hydrogen-bond donors (Lipinski definition) is 1. The molecule has 1 heterocycles. The Morgan fingerprint density at radius 2 is 1.73 bits per heavy atom. The van der Waals surface area contributed by atoms with E-state index < -0.39 is 11.9 Å². The van der Waals surface area contributed by atoms with Crippen LogP contribution in [0.25, 0.3) is 0 Å². The van der Waals surface area contributed by atoms with E-state index in [2.05, 4.69) is 15.0 Å². The van der Waals surface area contributed by atoms with E-state index in [9.17, 15) is 9.59 Å². The van der Waals surface area contributed by atoms with E-state index in [4.69, 9.17) is 14.2 Å². The average Bonchev–Trinajstić information content (AvgIpc) is 2.83. The van der Waals surface area contributed by atoms with Crippen LogP contribution in [0.5, 0.6) is 11.5 Å². The zero-order chi connectivity index (χ0) is 23.6. The molecule has 1 N–H and O–H groups in total. The Morgan fingerprint density at radius 1 is 0.970 bits per heavy atom. The maximum absolute atomic E-state index is 12.9. The molecule has 8 nitrogen and oxygen atoms in total. The number of hydrogen-bond acceptors (Lipinski definition) is 7. The lowest BCUT2D eigenvalue weighted by atomic mass is 10.1. The van der Waals surface area contributed by atoms with Crippen molar-refractivity contribution < 1.29 is 28.5 Å². The van der Waals surface area contributed by atoms with Gasteiger partial charge in [-0.15, -0.1) is 0 Å². The second-order valence-corrected chi connectivity index (χ2v) is 7.23. The molecule has 3 aromatic rings. The zero-order valence-electron chi connectivity index (χ0n) is 18.7. The van der Waals surface area contributed by atoms with Gasteiger partial charge in [-0.3, -0.25) is 4.79 Å². The molecule has 0 saturated carbocycles. The molecule has 0 spiro atoms. The lowest BCUT2D eigenvalue weighted by Crippen LogP contribution is -2.19. The summed E-state index contributed by atoms with van der Waals surface area (Å²) in [6, 6.07) is 17.8. The van der Waals surface area contributed by atoms with Crippen molar-refractivity contribution in [2.24, 2.45) is 0 Å². The van der Waals surface area contributed by atoms with Gasteiger partial charge in [-0.2, -0.15) is 0 Å². The fourth-order valence-corrected chi connectivity index (χ4v) is 2.99. The molecule has 0 bridgehead atoms. The first-order valence-corrected chi connectivity index (χ1v) is 10.3. The minimum absolute atomic E-state index is 0.220. The molecule has 1 amide bonds. The van der Waals surface area contributed by atoms with Crippen LogP contribution in [0, 0.1) is 0 Å². The summed E-state index contributed by atoms with van der Waals surface area (Å²) in [4.78, 5) is 28.6. The topological polar surface area (TPSA) is 96.0 Å². The van der Waals surface area contributed by atoms with E-state index in [0.717, 1.165) is 5.56 Å². The predicted octanol–water partition coefficient (Wildman–Crippen LogP) is 4.11. The van der Waals surface area contributed by atoms with Crippen molar-refractivity contribution in [3.63, 3.8) is 0 Å². The van der Waals surface area contributed by atoms with E-state index in [-0.39, 0.29) is 11.7 Å². The van der Waals surface area contributed by atoms with Crippen molar-refractivity contribution in [3.8, 4) is 11.5 Å². The van der Waals surface area contributed by atoms with Gasteiger partial charge in [0.1, 0.15) is 30.0 Å². The van der Waals surface area contributed by atoms with Crippen LogP contribution in [0.3, 0.4) is 0 Å². The number of carbonyl (C=O) groups excluding carboxylic acids is 2. The number of amides is 1. The van der Waals surface area contributed by atoms with Crippen molar-refractivity contribution in [2.45, 2.75) is 19.6 Å². The molecular formula is C25H26N2O6. The zero-order valence-corrected chi connectivity index (χ0v) is 18.7. The van der Waals surface area contributed by atoms with Gasteiger partial charge in [-0.1, -0.05) is 30.3 Å². The van der Waals surface area contributed by atoms with Crippen LogP contribution in [0.2, 0.25) is 0 Å². The number of anilines is 1. The van der Waals surface area contributed by atoms with Gasteiger partial charge in [-0.05, 0) is 36.8 Å². The van der Waals surface area contributed by atoms with Crippen LogP contribution in [-0.4, -0.2) is 43.8 Å². The Labute approximate surface area is 192 Å². The molecule has 1 atom stereocenters. The van der Waals surface area contributed by atoms with E-state index in [1.54, 1.807) is 25.3 Å². The van der Waals surface area contributed by atoms with Crippen molar-refractivity contribution in [1.29, 1.82) is 0 Å². The molecule has 0 fully saturated rings. The summed E-state index contributed by atoms with van der Waals surface area (Å²) in [5, 5.41) is 2.71. The van der Waals surface area contributed by atoms with Crippen LogP contribution >= 0.6 is 0 Å². The summed E-state index contributed by atoms with van der Waals surface area (Å²) < 4.78 is 21.6. The van der Waals surface area contributed by atoms with Gasteiger partial charge in [0.15, 0.2) is 0 Å². The van der Waals surface area contributed by atoms with Gasteiger partial charge in [0.05, 0.1) is 19.3 Å². The van der Waals surface area contributed by atoms with Gasteiger partial charge in [-0.25, -0.2) is 9.78 Å². The second-order valence-electron chi connectivity index (χ2n) is 7.23. The minimum atomic E-state index is -0.504. The molecular weight excluding hydrogens is 424 g/mol. The summed E-state index contributed by atoms with van der Waals surface area (Å²) in [6.45, 7) is 2.61. The number of nitrogens with zero attached hydrogens (tertiary/aromatic N) is 1. The van der Waals surface area contributed by atoms with Crippen LogP contribution in [0.1, 0.15) is 33.2 Å². The molecule has 0 radical (unpaired) electrons. The number of methoxy groups -OCH3 is 2. The molecule has 0 unspecified atom stereocenters. The number of aromatic nitrogens is 1. The van der Waals surface area contributed by atoms with Crippen LogP contribution < -0.4 is 14.8 Å². The first-order chi connectivity index (χ1) is 16.0. The molecule has 0 aliphatic carbocycles. The molecule has 1 aromatic heterocycles. The van der Waals surface area contributed by atoms with E-state index in [1.807, 2.05) is 37.3 Å². The molecule has 2 aromatic carbocycles. The number of ether oxygens (including phenoxy) is 4. The smallest absolute Gasteiger partial charge is 0.339 e. The number of benzene rings is 2. The molecule has 0 saturated heterocycles. The lowest BCUT2D eigenvalue weighted by molar-refractivity contribution is 0.0600. The molecule has 0 aliphatic rings. The average molecular weight is 450 g/mol. The Kier molecular flexibility index (Phi) is 8.37. The number of carbonyl (C=O) groups is 2. The number of esters is 1. The summed E-state index contributed by atoms with van der Waals surface area (Å²) in [6.07, 6.45) is 1.12. The van der Waals surface area contributed by atoms with Crippen molar-refractivity contribution >= 4 is 17.7 Å². The number of nitrogens with one attached hydrogen (secondary N) is 1.